The van der Waals surface area contributed by atoms with E-state index < -0.39 is 17.6 Å². The van der Waals surface area contributed by atoms with Gasteiger partial charge < -0.3 is 25.8 Å². The average Bonchev–Trinajstić information content (AvgIpc) is 3.54. The fraction of sp³-hybridized carbons (Fsp3) is 0.480. The second-order valence-electron chi connectivity index (χ2n) is 9.33. The number of nitrogens with zero attached hydrogens (tertiary/aromatic N) is 5. The first-order valence-corrected chi connectivity index (χ1v) is 12.1. The van der Waals surface area contributed by atoms with E-state index in [1.807, 2.05) is 10.6 Å². The Morgan fingerprint density at radius 3 is 2.58 bits per heavy atom. The van der Waals surface area contributed by atoms with E-state index in [4.69, 9.17) is 16.1 Å². The zero-order chi connectivity index (χ0) is 26.7. The molecule has 2 aliphatic heterocycles. The summed E-state index contributed by atoms with van der Waals surface area (Å²) in [7, 11) is 1.46. The van der Waals surface area contributed by atoms with E-state index in [1.165, 1.54) is 13.1 Å². The molecule has 1 atom stereocenters. The summed E-state index contributed by atoms with van der Waals surface area (Å²) < 4.78 is 55.8. The van der Waals surface area contributed by atoms with Crippen molar-refractivity contribution in [3.63, 3.8) is 0 Å². The second kappa shape index (κ2) is 12.9. The van der Waals surface area contributed by atoms with Gasteiger partial charge in [-0.15, -0.1) is 0 Å². The molecule has 1 unspecified atom stereocenters. The molecule has 2 aliphatic rings. The molecule has 38 heavy (non-hydrogen) atoms. The number of aromatic nitrogens is 2. The molecule has 2 fully saturated rings. The van der Waals surface area contributed by atoms with Crippen LogP contribution >= 0.6 is 0 Å². The summed E-state index contributed by atoms with van der Waals surface area (Å²) >= 11 is 0. The van der Waals surface area contributed by atoms with Crippen LogP contribution in [0.25, 0.3) is 16.6 Å². The standard InChI is InChI=1S/C25H29F4N8.K/c1-33-22(31)18(12-30)23(32)36-9-6-15(7-10-36)24-35-21(14-37(24)13-17-3-2-8-34-17)16-4-5-20(26)19(11-16)25(27,28)29;/h4-5,11,14-15,17,32,34H,2-3,6-10,13,31H2,1H3;/q-1;+1/b22-18-,32-23?;. The molecule has 4 rings (SSSR count). The predicted octanol–water partition coefficient (Wildman–Crippen LogP) is 1.32. The minimum Gasteiger partial charge on any atom is -0.494 e. The number of amidine groups is 1. The van der Waals surface area contributed by atoms with Gasteiger partial charge in [0.05, 0.1) is 16.8 Å². The van der Waals surface area contributed by atoms with Crippen molar-refractivity contribution < 1.29 is 68.9 Å². The molecular weight excluding hydrogens is 527 g/mol. The molecular formula is C25H29F4KN8. The number of nitrogens with one attached hydrogen (secondary N) is 2. The van der Waals surface area contributed by atoms with Crippen molar-refractivity contribution in [2.75, 3.05) is 26.7 Å². The van der Waals surface area contributed by atoms with Crippen molar-refractivity contribution in [3.05, 3.63) is 58.3 Å². The van der Waals surface area contributed by atoms with Gasteiger partial charge >= 0.3 is 57.6 Å². The summed E-state index contributed by atoms with van der Waals surface area (Å²) in [5, 5.41) is 25.0. The maximum absolute atomic E-state index is 13.9. The Bertz CT molecular complexity index is 1220. The average molecular weight is 557 g/mol. The molecule has 2 aromatic rings. The minimum atomic E-state index is -4.80. The van der Waals surface area contributed by atoms with Crippen LogP contribution < -0.4 is 62.4 Å². The van der Waals surface area contributed by atoms with Crippen LogP contribution in [0.15, 0.2) is 35.8 Å². The molecule has 0 bridgehead atoms. The molecule has 0 spiro atoms. The topological polar surface area (TPSA) is 121 Å². The Morgan fingerprint density at radius 1 is 1.29 bits per heavy atom. The number of hydrogen-bond donors (Lipinski definition) is 3. The third-order valence-corrected chi connectivity index (χ3v) is 6.98. The summed E-state index contributed by atoms with van der Waals surface area (Å²) in [5.74, 6) is -0.523. The van der Waals surface area contributed by atoms with E-state index in [0.717, 1.165) is 37.3 Å². The SMILES string of the molecule is C[N-]/C(N)=C(/C#N)C(=N)N1CCC(c2nc(-c3ccc(F)c(C(F)(F)F)c3)cn2CC2CCCN2)CC1.[K+]. The van der Waals surface area contributed by atoms with E-state index in [1.54, 1.807) is 11.1 Å². The number of nitriles is 1. The summed E-state index contributed by atoms with van der Waals surface area (Å²) in [4.78, 5) is 6.51. The van der Waals surface area contributed by atoms with Gasteiger partial charge in [-0.1, -0.05) is 7.05 Å². The number of benzene rings is 1. The Kier molecular flexibility index (Phi) is 10.4. The summed E-state index contributed by atoms with van der Waals surface area (Å²) in [6, 6.07) is 5.13. The van der Waals surface area contributed by atoms with Crippen LogP contribution in [0.3, 0.4) is 0 Å². The summed E-state index contributed by atoms with van der Waals surface area (Å²) in [6.07, 6.45) is 0.256. The van der Waals surface area contributed by atoms with Crippen LogP contribution in [0, 0.1) is 22.6 Å². The normalized spacial score (nSPS) is 18.9. The molecule has 4 N–H and O–H groups in total. The Balaban J connectivity index is 0.00000400. The quantitative estimate of drug-likeness (QED) is 0.163. The van der Waals surface area contributed by atoms with E-state index in [0.29, 0.717) is 38.2 Å². The number of imidazole rings is 1. The van der Waals surface area contributed by atoms with Crippen LogP contribution in [0.4, 0.5) is 17.6 Å². The van der Waals surface area contributed by atoms with Crippen molar-refractivity contribution in [2.24, 2.45) is 5.73 Å². The Labute approximate surface area is 261 Å². The monoisotopic (exact) mass is 556 g/mol. The molecule has 1 aromatic heterocycles. The van der Waals surface area contributed by atoms with E-state index in [9.17, 15) is 22.8 Å². The Morgan fingerprint density at radius 2 is 2.00 bits per heavy atom. The maximum Gasteiger partial charge on any atom is 1.00 e. The number of halogens is 4. The van der Waals surface area contributed by atoms with Gasteiger partial charge in [0.1, 0.15) is 23.5 Å². The van der Waals surface area contributed by atoms with Crippen LogP contribution in [0.1, 0.15) is 43.0 Å². The summed E-state index contributed by atoms with van der Waals surface area (Å²) in [5.41, 5.74) is 5.04. The molecule has 8 nitrogen and oxygen atoms in total. The fourth-order valence-electron chi connectivity index (χ4n) is 4.96. The van der Waals surface area contributed by atoms with Gasteiger partial charge in [0.15, 0.2) is 0 Å². The number of rotatable bonds is 6. The van der Waals surface area contributed by atoms with E-state index in [-0.39, 0.29) is 86.1 Å². The first-order valence-electron chi connectivity index (χ1n) is 12.1. The number of hydrogen-bond acceptors (Lipinski definition) is 5. The van der Waals surface area contributed by atoms with Crippen molar-refractivity contribution in [3.8, 4) is 17.3 Å². The van der Waals surface area contributed by atoms with E-state index >= 15 is 0 Å². The number of piperidine rings is 1. The van der Waals surface area contributed by atoms with Crippen molar-refractivity contribution in [1.29, 1.82) is 10.7 Å². The molecule has 198 valence electrons. The molecule has 0 aliphatic carbocycles. The van der Waals surface area contributed by atoms with E-state index in [2.05, 4.69) is 10.6 Å². The first kappa shape index (κ1) is 30.6. The molecule has 0 amide bonds. The minimum absolute atomic E-state index is 0. The predicted molar refractivity (Wildman–Crippen MR) is 131 cm³/mol. The fourth-order valence-corrected chi connectivity index (χ4v) is 4.96. The molecule has 0 saturated carbocycles. The van der Waals surface area contributed by atoms with Gasteiger partial charge in [0.25, 0.3) is 0 Å². The van der Waals surface area contributed by atoms with Crippen LogP contribution in [0.5, 0.6) is 0 Å². The van der Waals surface area contributed by atoms with Gasteiger partial charge in [-0.3, -0.25) is 5.41 Å². The van der Waals surface area contributed by atoms with Gasteiger partial charge in [-0.2, -0.15) is 18.4 Å². The molecule has 1 aromatic carbocycles. The van der Waals surface area contributed by atoms with Gasteiger partial charge in [-0.25, -0.2) is 9.37 Å². The molecule has 2 saturated heterocycles. The van der Waals surface area contributed by atoms with Gasteiger partial charge in [-0.05, 0) is 56.2 Å². The van der Waals surface area contributed by atoms with Crippen LogP contribution in [0.2, 0.25) is 0 Å². The van der Waals surface area contributed by atoms with Gasteiger partial charge in [0, 0.05) is 43.4 Å². The largest absolute Gasteiger partial charge is 1.00 e. The Hall–Kier alpha value is -1.95. The van der Waals surface area contributed by atoms with Crippen LogP contribution in [-0.4, -0.2) is 53.0 Å². The number of likely N-dealkylation sites (tertiary alicyclic amines) is 1. The maximum atomic E-state index is 13.9. The molecule has 13 heteroatoms. The first-order chi connectivity index (χ1) is 17.6. The summed E-state index contributed by atoms with van der Waals surface area (Å²) in [6.45, 7) is 2.52. The second-order valence-corrected chi connectivity index (χ2v) is 9.33. The number of nitrogens with two attached hydrogens (primary N) is 1. The zero-order valence-electron chi connectivity index (χ0n) is 21.4. The van der Waals surface area contributed by atoms with Gasteiger partial charge in [0.2, 0.25) is 0 Å². The third kappa shape index (κ3) is 6.78. The van der Waals surface area contributed by atoms with Crippen molar-refractivity contribution in [2.45, 2.75) is 50.4 Å². The zero-order valence-corrected chi connectivity index (χ0v) is 24.6. The molecule has 3 heterocycles. The smallest absolute Gasteiger partial charge is 0.494 e. The van der Waals surface area contributed by atoms with Crippen LogP contribution in [-0.2, 0) is 12.7 Å². The number of alkyl halides is 3. The van der Waals surface area contributed by atoms with Crippen molar-refractivity contribution >= 4 is 5.84 Å². The van der Waals surface area contributed by atoms with Crippen molar-refractivity contribution in [1.82, 2.24) is 19.8 Å². The molecule has 0 radical (unpaired) electrons. The third-order valence-electron chi connectivity index (χ3n) is 6.98.